The van der Waals surface area contributed by atoms with Crippen LogP contribution in [0.15, 0.2) is 24.3 Å². The molecule has 1 aromatic carbocycles. The average molecular weight is 277 g/mol. The van der Waals surface area contributed by atoms with Crippen molar-refractivity contribution in [3.8, 4) is 0 Å². The molecule has 0 aliphatic rings. The topological polar surface area (TPSA) is 49.3 Å². The van der Waals surface area contributed by atoms with Crippen molar-refractivity contribution < 1.29 is 9.90 Å². The van der Waals surface area contributed by atoms with E-state index in [-0.39, 0.29) is 6.42 Å². The van der Waals surface area contributed by atoms with Gasteiger partial charge in [0.05, 0.1) is 6.42 Å². The fourth-order valence-electron chi connectivity index (χ4n) is 2.42. The van der Waals surface area contributed by atoms with Crippen LogP contribution in [0, 0.1) is 5.92 Å². The SMILES string of the molecule is CCCCC(CC)CNCc1ccccc1CC(=O)O. The number of aliphatic carboxylic acids is 1. The zero-order valence-electron chi connectivity index (χ0n) is 12.7. The third-order valence-corrected chi connectivity index (χ3v) is 3.75. The molecule has 0 heterocycles. The van der Waals surface area contributed by atoms with E-state index < -0.39 is 5.97 Å². The lowest BCUT2D eigenvalue weighted by molar-refractivity contribution is -0.136. The standard InChI is InChI=1S/C17H27NO2/c1-3-5-8-14(4-2)12-18-13-16-10-7-6-9-15(16)11-17(19)20/h6-7,9-10,14,18H,3-5,8,11-13H2,1-2H3,(H,19,20). The molecule has 0 fully saturated rings. The molecule has 0 saturated carbocycles. The molecule has 0 spiro atoms. The lowest BCUT2D eigenvalue weighted by Gasteiger charge is -2.16. The molecule has 2 N–H and O–H groups in total. The summed E-state index contributed by atoms with van der Waals surface area (Å²) in [5, 5.41) is 12.4. The maximum Gasteiger partial charge on any atom is 0.307 e. The van der Waals surface area contributed by atoms with E-state index in [1.54, 1.807) is 0 Å². The van der Waals surface area contributed by atoms with Gasteiger partial charge in [-0.2, -0.15) is 0 Å². The van der Waals surface area contributed by atoms with Crippen LogP contribution >= 0.6 is 0 Å². The van der Waals surface area contributed by atoms with Gasteiger partial charge in [0.2, 0.25) is 0 Å². The Balaban J connectivity index is 2.46. The minimum absolute atomic E-state index is 0.102. The molecule has 20 heavy (non-hydrogen) atoms. The Bertz CT molecular complexity index is 404. The summed E-state index contributed by atoms with van der Waals surface area (Å²) in [6.45, 7) is 6.23. The monoisotopic (exact) mass is 277 g/mol. The summed E-state index contributed by atoms with van der Waals surface area (Å²) in [5.74, 6) is -0.0478. The third kappa shape index (κ3) is 6.20. The largest absolute Gasteiger partial charge is 0.481 e. The van der Waals surface area contributed by atoms with Crippen molar-refractivity contribution in [2.24, 2.45) is 5.92 Å². The van der Waals surface area contributed by atoms with Crippen molar-refractivity contribution in [2.75, 3.05) is 6.54 Å². The Morgan fingerprint density at radius 1 is 1.25 bits per heavy atom. The van der Waals surface area contributed by atoms with Crippen LogP contribution in [0.5, 0.6) is 0 Å². The van der Waals surface area contributed by atoms with Gasteiger partial charge >= 0.3 is 5.97 Å². The fraction of sp³-hybridized carbons (Fsp3) is 0.588. The predicted octanol–water partition coefficient (Wildman–Crippen LogP) is 3.62. The van der Waals surface area contributed by atoms with Gasteiger partial charge in [0.15, 0.2) is 0 Å². The summed E-state index contributed by atoms with van der Waals surface area (Å²) in [4.78, 5) is 10.8. The van der Waals surface area contributed by atoms with Gasteiger partial charge in [-0.05, 0) is 30.0 Å². The molecule has 1 rings (SSSR count). The molecule has 0 saturated heterocycles. The highest BCUT2D eigenvalue weighted by molar-refractivity contribution is 5.70. The molecular formula is C17H27NO2. The van der Waals surface area contributed by atoms with E-state index >= 15 is 0 Å². The van der Waals surface area contributed by atoms with Crippen LogP contribution in [0.25, 0.3) is 0 Å². The summed E-state index contributed by atoms with van der Waals surface area (Å²) in [6, 6.07) is 7.78. The number of benzene rings is 1. The molecule has 0 radical (unpaired) electrons. The first kappa shape index (κ1) is 16.7. The van der Waals surface area contributed by atoms with Crippen molar-refractivity contribution in [1.82, 2.24) is 5.32 Å². The second kappa shape index (κ2) is 9.54. The van der Waals surface area contributed by atoms with Crippen molar-refractivity contribution in [2.45, 2.75) is 52.5 Å². The normalized spacial score (nSPS) is 12.3. The Morgan fingerprint density at radius 3 is 2.55 bits per heavy atom. The van der Waals surface area contributed by atoms with Crippen molar-refractivity contribution in [1.29, 1.82) is 0 Å². The van der Waals surface area contributed by atoms with E-state index in [0.717, 1.165) is 30.1 Å². The Morgan fingerprint density at radius 2 is 1.95 bits per heavy atom. The number of hydrogen-bond donors (Lipinski definition) is 2. The van der Waals surface area contributed by atoms with Crippen molar-refractivity contribution in [3.05, 3.63) is 35.4 Å². The number of nitrogens with one attached hydrogen (secondary N) is 1. The quantitative estimate of drug-likeness (QED) is 0.686. The fourth-order valence-corrected chi connectivity index (χ4v) is 2.42. The van der Waals surface area contributed by atoms with Crippen LogP contribution in [-0.2, 0) is 17.8 Å². The molecule has 1 atom stereocenters. The van der Waals surface area contributed by atoms with Gasteiger partial charge < -0.3 is 10.4 Å². The summed E-state index contributed by atoms with van der Waals surface area (Å²) in [5.41, 5.74) is 2.01. The minimum Gasteiger partial charge on any atom is -0.481 e. The van der Waals surface area contributed by atoms with Crippen molar-refractivity contribution in [3.63, 3.8) is 0 Å². The Kier molecular flexibility index (Phi) is 7.97. The third-order valence-electron chi connectivity index (χ3n) is 3.75. The lowest BCUT2D eigenvalue weighted by atomic mass is 9.99. The van der Waals surface area contributed by atoms with Gasteiger partial charge in [0.1, 0.15) is 0 Å². The van der Waals surface area contributed by atoms with Crippen LogP contribution in [0.3, 0.4) is 0 Å². The van der Waals surface area contributed by atoms with Crippen LogP contribution in [0.1, 0.15) is 50.7 Å². The maximum atomic E-state index is 10.8. The second-order valence-corrected chi connectivity index (χ2v) is 5.39. The summed E-state index contributed by atoms with van der Waals surface area (Å²) < 4.78 is 0. The van der Waals surface area contributed by atoms with Gasteiger partial charge in [-0.3, -0.25) is 4.79 Å². The number of carbonyl (C=O) groups is 1. The van der Waals surface area contributed by atoms with Crippen LogP contribution in [-0.4, -0.2) is 17.6 Å². The lowest BCUT2D eigenvalue weighted by Crippen LogP contribution is -2.23. The molecule has 1 aromatic rings. The van der Waals surface area contributed by atoms with E-state index in [4.69, 9.17) is 5.11 Å². The zero-order valence-corrected chi connectivity index (χ0v) is 12.7. The molecule has 0 bridgehead atoms. The molecule has 3 heteroatoms. The van der Waals surface area contributed by atoms with Gasteiger partial charge in [-0.25, -0.2) is 0 Å². The number of unbranched alkanes of at least 4 members (excludes halogenated alkanes) is 1. The van der Waals surface area contributed by atoms with E-state index in [9.17, 15) is 4.79 Å². The number of hydrogen-bond acceptors (Lipinski definition) is 2. The number of carboxylic acid groups (broad SMARTS) is 1. The van der Waals surface area contributed by atoms with Gasteiger partial charge in [-0.15, -0.1) is 0 Å². The molecule has 0 amide bonds. The zero-order chi connectivity index (χ0) is 14.8. The Hall–Kier alpha value is -1.35. The summed E-state index contributed by atoms with van der Waals surface area (Å²) in [7, 11) is 0. The van der Waals surface area contributed by atoms with E-state index in [1.807, 2.05) is 24.3 Å². The van der Waals surface area contributed by atoms with Gasteiger partial charge in [0, 0.05) is 6.54 Å². The van der Waals surface area contributed by atoms with E-state index in [1.165, 1.54) is 25.7 Å². The number of rotatable bonds is 10. The van der Waals surface area contributed by atoms with E-state index in [0.29, 0.717) is 0 Å². The first-order valence-corrected chi connectivity index (χ1v) is 7.66. The molecule has 0 aromatic heterocycles. The first-order chi connectivity index (χ1) is 9.67. The van der Waals surface area contributed by atoms with Crippen molar-refractivity contribution >= 4 is 5.97 Å². The molecule has 1 unspecified atom stereocenters. The molecular weight excluding hydrogens is 250 g/mol. The second-order valence-electron chi connectivity index (χ2n) is 5.39. The molecule has 3 nitrogen and oxygen atoms in total. The highest BCUT2D eigenvalue weighted by Gasteiger charge is 2.08. The molecule has 112 valence electrons. The predicted molar refractivity (Wildman–Crippen MR) is 82.8 cm³/mol. The van der Waals surface area contributed by atoms with Crippen LogP contribution in [0.2, 0.25) is 0 Å². The highest BCUT2D eigenvalue weighted by Crippen LogP contribution is 2.13. The average Bonchev–Trinajstić information content (AvgIpc) is 2.43. The highest BCUT2D eigenvalue weighted by atomic mass is 16.4. The summed E-state index contributed by atoms with van der Waals surface area (Å²) in [6.07, 6.45) is 5.11. The molecule has 0 aliphatic heterocycles. The maximum absolute atomic E-state index is 10.8. The smallest absolute Gasteiger partial charge is 0.307 e. The number of carboxylic acids is 1. The first-order valence-electron chi connectivity index (χ1n) is 7.66. The van der Waals surface area contributed by atoms with Gasteiger partial charge in [-0.1, -0.05) is 57.4 Å². The van der Waals surface area contributed by atoms with E-state index in [2.05, 4.69) is 19.2 Å². The summed E-state index contributed by atoms with van der Waals surface area (Å²) >= 11 is 0. The Labute approximate surface area is 122 Å². The molecule has 0 aliphatic carbocycles. The van der Waals surface area contributed by atoms with Crippen LogP contribution in [0.4, 0.5) is 0 Å². The minimum atomic E-state index is -0.771. The van der Waals surface area contributed by atoms with Gasteiger partial charge in [0.25, 0.3) is 0 Å². The van der Waals surface area contributed by atoms with Crippen LogP contribution < -0.4 is 5.32 Å².